The summed E-state index contributed by atoms with van der Waals surface area (Å²) in [6, 6.07) is 13.3. The van der Waals surface area contributed by atoms with Gasteiger partial charge in [-0.2, -0.15) is 0 Å². The van der Waals surface area contributed by atoms with Gasteiger partial charge in [-0.05, 0) is 30.7 Å². The fraction of sp³-hybridized carbons (Fsp3) is 0.240. The van der Waals surface area contributed by atoms with E-state index in [1.165, 1.54) is 23.5 Å². The number of ether oxygens (including phenoxy) is 1. The number of aromatic amines is 1. The largest absolute Gasteiger partial charge is 0.377 e. The molecule has 2 amide bonds. The molecule has 0 saturated carbocycles. The second-order valence-corrected chi connectivity index (χ2v) is 9.31. The number of thiazole rings is 1. The van der Waals surface area contributed by atoms with E-state index in [4.69, 9.17) is 4.74 Å². The van der Waals surface area contributed by atoms with Crippen LogP contribution >= 0.6 is 11.3 Å². The fourth-order valence-electron chi connectivity index (χ4n) is 4.16. The van der Waals surface area contributed by atoms with Gasteiger partial charge in [0.25, 0.3) is 11.8 Å². The molecule has 34 heavy (non-hydrogen) atoms. The third-order valence-electron chi connectivity index (χ3n) is 5.86. The van der Waals surface area contributed by atoms with Crippen LogP contribution in [0.15, 0.2) is 54.7 Å². The molecule has 0 aliphatic carbocycles. The Hall–Kier alpha value is -3.56. The van der Waals surface area contributed by atoms with Gasteiger partial charge in [0.2, 0.25) is 0 Å². The first kappa shape index (κ1) is 22.2. The molecule has 2 aromatic heterocycles. The molecule has 0 spiro atoms. The summed E-state index contributed by atoms with van der Waals surface area (Å²) in [6.45, 7) is 3.21. The Morgan fingerprint density at radius 2 is 2.03 bits per heavy atom. The maximum absolute atomic E-state index is 13.6. The lowest BCUT2D eigenvalue weighted by Gasteiger charge is -2.35. The van der Waals surface area contributed by atoms with Crippen LogP contribution in [0.1, 0.15) is 25.9 Å². The van der Waals surface area contributed by atoms with E-state index in [1.54, 1.807) is 23.2 Å². The van der Waals surface area contributed by atoms with Gasteiger partial charge in [-0.3, -0.25) is 9.59 Å². The molecule has 4 aromatic rings. The van der Waals surface area contributed by atoms with Gasteiger partial charge in [0, 0.05) is 30.2 Å². The molecule has 3 heterocycles. The molecule has 1 fully saturated rings. The fourth-order valence-corrected chi connectivity index (χ4v) is 5.08. The van der Waals surface area contributed by atoms with Crippen LogP contribution in [0.2, 0.25) is 0 Å². The molecule has 2 aromatic carbocycles. The number of para-hydroxylation sites is 1. The molecule has 0 bridgehead atoms. The third kappa shape index (κ3) is 4.32. The first-order chi connectivity index (χ1) is 16.5. The number of fused-ring (bicyclic) bond motifs is 1. The molecule has 9 heteroatoms. The number of nitrogens with one attached hydrogen (secondary N) is 2. The molecular formula is C25H23FN4O3S. The number of nitrogens with zero attached hydrogens (tertiary/aromatic N) is 2. The Labute approximate surface area is 199 Å². The molecule has 1 aliphatic heterocycles. The molecular weight excluding hydrogens is 455 g/mol. The summed E-state index contributed by atoms with van der Waals surface area (Å²) in [5.74, 6) is -0.776. The summed E-state index contributed by atoms with van der Waals surface area (Å²) in [4.78, 5) is 36.4. The molecule has 7 nitrogen and oxygen atoms in total. The zero-order valence-electron chi connectivity index (χ0n) is 18.5. The lowest BCUT2D eigenvalue weighted by Crippen LogP contribution is -2.53. The van der Waals surface area contributed by atoms with Crippen molar-refractivity contribution in [1.82, 2.24) is 20.2 Å². The zero-order valence-corrected chi connectivity index (χ0v) is 19.3. The Balaban J connectivity index is 1.34. The van der Waals surface area contributed by atoms with Crippen molar-refractivity contribution in [2.45, 2.75) is 13.0 Å². The van der Waals surface area contributed by atoms with Crippen molar-refractivity contribution in [2.75, 3.05) is 26.3 Å². The smallest absolute Gasteiger partial charge is 0.274 e. The van der Waals surface area contributed by atoms with Gasteiger partial charge in [-0.1, -0.05) is 30.3 Å². The van der Waals surface area contributed by atoms with Crippen molar-refractivity contribution >= 4 is 34.1 Å². The number of aromatic nitrogens is 2. The Kier molecular flexibility index (Phi) is 6.12. The number of carbonyl (C=O) groups excluding carboxylic acids is 2. The van der Waals surface area contributed by atoms with Gasteiger partial charge in [-0.25, -0.2) is 9.37 Å². The van der Waals surface area contributed by atoms with Crippen LogP contribution in [-0.4, -0.2) is 59.0 Å². The summed E-state index contributed by atoms with van der Waals surface area (Å²) in [6.07, 6.45) is 1.69. The zero-order chi connectivity index (χ0) is 23.7. The van der Waals surface area contributed by atoms with Crippen molar-refractivity contribution < 1.29 is 18.7 Å². The Bertz CT molecular complexity index is 1350. The number of benzene rings is 2. The number of hydrogen-bond donors (Lipinski definition) is 2. The van der Waals surface area contributed by atoms with Crippen molar-refractivity contribution in [3.05, 3.63) is 76.8 Å². The van der Waals surface area contributed by atoms with Crippen LogP contribution in [0.25, 0.3) is 21.3 Å². The van der Waals surface area contributed by atoms with E-state index in [9.17, 15) is 14.0 Å². The van der Waals surface area contributed by atoms with E-state index in [-0.39, 0.29) is 30.2 Å². The van der Waals surface area contributed by atoms with Crippen LogP contribution in [0.4, 0.5) is 4.39 Å². The average Bonchev–Trinajstić information content (AvgIpc) is 3.46. The number of morpholine rings is 1. The highest BCUT2D eigenvalue weighted by Gasteiger charge is 2.32. The van der Waals surface area contributed by atoms with E-state index in [0.29, 0.717) is 35.9 Å². The lowest BCUT2D eigenvalue weighted by molar-refractivity contribution is -0.00152. The summed E-state index contributed by atoms with van der Waals surface area (Å²) in [7, 11) is 0. The topological polar surface area (TPSA) is 87.3 Å². The van der Waals surface area contributed by atoms with Gasteiger partial charge in [0.1, 0.15) is 11.5 Å². The third-order valence-corrected chi connectivity index (χ3v) is 6.88. The van der Waals surface area contributed by atoms with E-state index < -0.39 is 0 Å². The minimum absolute atomic E-state index is 0.216. The van der Waals surface area contributed by atoms with Gasteiger partial charge >= 0.3 is 0 Å². The van der Waals surface area contributed by atoms with Gasteiger partial charge < -0.3 is 19.9 Å². The molecule has 5 rings (SSSR count). The average molecular weight is 479 g/mol. The van der Waals surface area contributed by atoms with Crippen LogP contribution in [0.5, 0.6) is 0 Å². The number of rotatable bonds is 5. The van der Waals surface area contributed by atoms with E-state index in [1.807, 2.05) is 31.2 Å². The minimum atomic E-state index is -0.336. The number of aryl methyl sites for hydroxylation is 1. The number of carbonyl (C=O) groups is 2. The maximum atomic E-state index is 13.6. The molecule has 1 unspecified atom stereocenters. The van der Waals surface area contributed by atoms with Crippen molar-refractivity contribution in [1.29, 1.82) is 0 Å². The highest BCUT2D eigenvalue weighted by molar-refractivity contribution is 7.15. The van der Waals surface area contributed by atoms with Crippen LogP contribution in [-0.2, 0) is 4.74 Å². The SMILES string of the molecule is Cc1nc(C(=O)N2CCOCC2CNC(=O)c2c[nH]c3ccccc23)c(-c2ccc(F)cc2)s1. The minimum Gasteiger partial charge on any atom is -0.377 e. The normalized spacial score (nSPS) is 16.1. The predicted octanol–water partition coefficient (Wildman–Crippen LogP) is 4.01. The second-order valence-electron chi connectivity index (χ2n) is 8.10. The van der Waals surface area contributed by atoms with Crippen molar-refractivity contribution in [3.63, 3.8) is 0 Å². The maximum Gasteiger partial charge on any atom is 0.274 e. The lowest BCUT2D eigenvalue weighted by atomic mass is 10.1. The van der Waals surface area contributed by atoms with Gasteiger partial charge in [0.15, 0.2) is 0 Å². The van der Waals surface area contributed by atoms with Gasteiger partial charge in [0.05, 0.1) is 34.7 Å². The molecule has 1 aliphatic rings. The molecule has 174 valence electrons. The van der Waals surface area contributed by atoms with Crippen molar-refractivity contribution in [2.24, 2.45) is 0 Å². The van der Waals surface area contributed by atoms with E-state index in [0.717, 1.165) is 21.5 Å². The number of halogens is 1. The number of amides is 2. The summed E-state index contributed by atoms with van der Waals surface area (Å²) < 4.78 is 19.0. The standard InChI is InChI=1S/C25H23FN4O3S/c1-15-29-22(23(34-15)16-6-8-17(26)9-7-16)25(32)30-10-11-33-14-18(30)12-28-24(31)20-13-27-21-5-3-2-4-19(20)21/h2-9,13,18,27H,10-12,14H2,1H3,(H,28,31). The van der Waals surface area contributed by atoms with Gasteiger partial charge in [-0.15, -0.1) is 11.3 Å². The quantitative estimate of drug-likeness (QED) is 0.454. The van der Waals surface area contributed by atoms with Crippen LogP contribution < -0.4 is 5.32 Å². The summed E-state index contributed by atoms with van der Waals surface area (Å²) >= 11 is 1.40. The van der Waals surface area contributed by atoms with Crippen molar-refractivity contribution in [3.8, 4) is 10.4 Å². The monoisotopic (exact) mass is 478 g/mol. The number of H-pyrrole nitrogens is 1. The Morgan fingerprint density at radius 3 is 2.85 bits per heavy atom. The summed E-state index contributed by atoms with van der Waals surface area (Å²) in [5, 5.41) is 4.54. The molecule has 1 atom stereocenters. The molecule has 0 radical (unpaired) electrons. The first-order valence-corrected chi connectivity index (χ1v) is 11.8. The molecule has 2 N–H and O–H groups in total. The molecule has 1 saturated heterocycles. The summed E-state index contributed by atoms with van der Waals surface area (Å²) in [5.41, 5.74) is 2.52. The highest BCUT2D eigenvalue weighted by atomic mass is 32.1. The van der Waals surface area contributed by atoms with Crippen LogP contribution in [0, 0.1) is 12.7 Å². The number of hydrogen-bond acceptors (Lipinski definition) is 5. The predicted molar refractivity (Wildman–Crippen MR) is 129 cm³/mol. The van der Waals surface area contributed by atoms with E-state index >= 15 is 0 Å². The van der Waals surface area contributed by atoms with E-state index in [2.05, 4.69) is 15.3 Å². The highest BCUT2D eigenvalue weighted by Crippen LogP contribution is 2.31. The Morgan fingerprint density at radius 1 is 1.24 bits per heavy atom. The van der Waals surface area contributed by atoms with Crippen LogP contribution in [0.3, 0.4) is 0 Å². The second kappa shape index (κ2) is 9.36. The first-order valence-electron chi connectivity index (χ1n) is 11.0.